The number of aliphatic carboxylic acids is 1. The highest BCUT2D eigenvalue weighted by Crippen LogP contribution is 3.09. The van der Waals surface area contributed by atoms with Gasteiger partial charge in [-0.2, -0.15) is 5.10 Å². The van der Waals surface area contributed by atoms with E-state index in [2.05, 4.69) is 16.3 Å². The second-order valence-corrected chi connectivity index (χ2v) is 6.76. The molecule has 6 aliphatic rings. The van der Waals surface area contributed by atoms with Gasteiger partial charge in [0.2, 0.25) is 0 Å². The van der Waals surface area contributed by atoms with Gasteiger partial charge in [0.05, 0.1) is 11.1 Å². The van der Waals surface area contributed by atoms with Gasteiger partial charge in [-0.25, -0.2) is 0 Å². The van der Waals surface area contributed by atoms with Crippen LogP contribution in [0.25, 0.3) is 0 Å². The number of carboxylic acid groups (broad SMARTS) is 1. The number of aromatic nitrogens is 2. The lowest BCUT2D eigenvalue weighted by atomic mass is 8.92. The summed E-state index contributed by atoms with van der Waals surface area (Å²) in [6.07, 6.45) is 0. The Hall–Kier alpha value is -1.32. The predicted octanol–water partition coefficient (Wildman–Crippen LogP) is 0.792. The van der Waals surface area contributed by atoms with Crippen LogP contribution >= 0.6 is 0 Å². The number of aryl methyl sites for hydroxylation is 1. The Morgan fingerprint density at radius 2 is 1.88 bits per heavy atom. The zero-order chi connectivity index (χ0) is 11.3. The number of rotatable bonds is 2. The molecule has 2 N–H and O–H groups in total. The molecule has 0 saturated heterocycles. The van der Waals surface area contributed by atoms with Crippen LogP contribution in [0, 0.1) is 47.8 Å². The summed E-state index contributed by atoms with van der Waals surface area (Å²) in [6.45, 7) is 2.04. The van der Waals surface area contributed by atoms with E-state index in [4.69, 9.17) is 0 Å². The van der Waals surface area contributed by atoms with Gasteiger partial charge in [0.15, 0.2) is 0 Å². The van der Waals surface area contributed by atoms with E-state index in [1.54, 1.807) is 0 Å². The minimum atomic E-state index is -0.507. The molecule has 7 rings (SSSR count). The molecule has 0 unspecified atom stereocenters. The molecule has 6 saturated carbocycles. The van der Waals surface area contributed by atoms with E-state index in [1.165, 1.54) is 5.69 Å². The van der Waals surface area contributed by atoms with E-state index in [1.807, 2.05) is 6.92 Å². The van der Waals surface area contributed by atoms with Crippen molar-refractivity contribution in [2.45, 2.75) is 12.3 Å². The molecule has 17 heavy (non-hydrogen) atoms. The molecule has 6 fully saturated rings. The summed E-state index contributed by atoms with van der Waals surface area (Å²) in [6, 6.07) is 2.18. The Kier molecular flexibility index (Phi) is 0.772. The quantitative estimate of drug-likeness (QED) is 0.786. The third kappa shape index (κ3) is 0.372. The van der Waals surface area contributed by atoms with Crippen molar-refractivity contribution in [1.29, 1.82) is 0 Å². The third-order valence-electron chi connectivity index (χ3n) is 7.15. The second kappa shape index (κ2) is 1.66. The average Bonchev–Trinajstić information content (AvgIpc) is 2.75. The van der Waals surface area contributed by atoms with Crippen LogP contribution in [0.1, 0.15) is 11.4 Å². The Balaban J connectivity index is 1.49. The zero-order valence-electron chi connectivity index (χ0n) is 9.34. The molecule has 0 aromatic carbocycles. The molecule has 0 atom stereocenters. The Morgan fingerprint density at radius 1 is 1.29 bits per heavy atom. The first-order chi connectivity index (χ1) is 8.17. The number of carbonyl (C=O) groups is 1. The standard InChI is InChI=1S/C13H12N2O2/c1-3-2-4(15-14-3)12-5-8-6(12)10-7(12)9(5)13(8,10)11(16)17/h2,5-10H,1H3,(H,14,15)(H,16,17). The highest BCUT2D eigenvalue weighted by molar-refractivity contribution is 5.88. The summed E-state index contributed by atoms with van der Waals surface area (Å²) in [7, 11) is 0. The van der Waals surface area contributed by atoms with Crippen LogP contribution in [0.15, 0.2) is 6.07 Å². The predicted molar refractivity (Wildman–Crippen MR) is 56.0 cm³/mol. The summed E-state index contributed by atoms with van der Waals surface area (Å²) in [5, 5.41) is 16.9. The van der Waals surface area contributed by atoms with Crippen LogP contribution in [0.2, 0.25) is 0 Å². The first kappa shape index (κ1) is 7.90. The summed E-state index contributed by atoms with van der Waals surface area (Å²) >= 11 is 0. The molecule has 0 radical (unpaired) electrons. The van der Waals surface area contributed by atoms with Crippen LogP contribution < -0.4 is 0 Å². The van der Waals surface area contributed by atoms with Gasteiger partial charge in [0, 0.05) is 11.1 Å². The summed E-state index contributed by atoms with van der Waals surface area (Å²) in [5.74, 6) is 3.03. The molecule has 0 spiro atoms. The maximum atomic E-state index is 11.4. The molecule has 1 aromatic heterocycles. The largest absolute Gasteiger partial charge is 0.481 e. The highest BCUT2D eigenvalue weighted by atomic mass is 16.4. The van der Waals surface area contributed by atoms with Crippen LogP contribution in [-0.2, 0) is 10.2 Å². The second-order valence-electron chi connectivity index (χ2n) is 6.76. The van der Waals surface area contributed by atoms with Crippen LogP contribution in [-0.4, -0.2) is 21.3 Å². The van der Waals surface area contributed by atoms with Crippen molar-refractivity contribution in [3.8, 4) is 0 Å². The minimum Gasteiger partial charge on any atom is -0.481 e. The molecule has 0 amide bonds. The molecule has 4 nitrogen and oxygen atoms in total. The van der Waals surface area contributed by atoms with E-state index in [0.717, 1.165) is 5.69 Å². The number of nitrogens with zero attached hydrogens (tertiary/aromatic N) is 1. The van der Waals surface area contributed by atoms with E-state index < -0.39 is 5.97 Å². The van der Waals surface area contributed by atoms with Gasteiger partial charge in [-0.3, -0.25) is 9.89 Å². The van der Waals surface area contributed by atoms with E-state index in [0.29, 0.717) is 40.9 Å². The Morgan fingerprint density at radius 3 is 2.29 bits per heavy atom. The zero-order valence-corrected chi connectivity index (χ0v) is 9.34. The summed E-state index contributed by atoms with van der Waals surface area (Å²) < 4.78 is 0. The molecule has 0 bridgehead atoms. The number of aromatic amines is 1. The molecule has 1 aromatic rings. The van der Waals surface area contributed by atoms with Crippen LogP contribution in [0.5, 0.6) is 0 Å². The van der Waals surface area contributed by atoms with Crippen molar-refractivity contribution in [3.05, 3.63) is 17.5 Å². The fourth-order valence-corrected chi connectivity index (χ4v) is 7.11. The summed E-state index contributed by atoms with van der Waals surface area (Å²) in [5.41, 5.74) is 2.45. The normalized spacial score (nSPS) is 65.7. The van der Waals surface area contributed by atoms with Crippen LogP contribution in [0.4, 0.5) is 0 Å². The summed E-state index contributed by atoms with van der Waals surface area (Å²) in [4.78, 5) is 11.4. The third-order valence-corrected chi connectivity index (χ3v) is 7.15. The minimum absolute atomic E-state index is 0.243. The van der Waals surface area contributed by atoms with Gasteiger partial charge in [-0.1, -0.05) is 0 Å². The smallest absolute Gasteiger partial charge is 0.310 e. The number of H-pyrrole nitrogens is 1. The maximum absolute atomic E-state index is 11.4. The van der Waals surface area contributed by atoms with Crippen molar-refractivity contribution in [2.75, 3.05) is 0 Å². The van der Waals surface area contributed by atoms with Crippen molar-refractivity contribution >= 4 is 5.97 Å². The topological polar surface area (TPSA) is 66.0 Å². The maximum Gasteiger partial charge on any atom is 0.310 e. The van der Waals surface area contributed by atoms with Gasteiger partial charge < -0.3 is 5.11 Å². The molecular weight excluding hydrogens is 216 g/mol. The monoisotopic (exact) mass is 228 g/mol. The van der Waals surface area contributed by atoms with Gasteiger partial charge >= 0.3 is 5.97 Å². The molecular formula is C13H12N2O2. The number of nitrogens with one attached hydrogen (secondary N) is 1. The molecule has 86 valence electrons. The molecule has 1 heterocycles. The average molecular weight is 228 g/mol. The van der Waals surface area contributed by atoms with Gasteiger partial charge in [-0.05, 0) is 48.5 Å². The number of carboxylic acids is 1. The SMILES string of the molecule is Cc1cc(C23C4C5C2C2C3C4C52C(=O)O)n[nH]1. The van der Waals surface area contributed by atoms with E-state index >= 15 is 0 Å². The first-order valence-electron chi connectivity index (χ1n) is 6.43. The fourth-order valence-electron chi connectivity index (χ4n) is 7.11. The Labute approximate surface area is 97.4 Å². The van der Waals surface area contributed by atoms with Gasteiger partial charge in [0.25, 0.3) is 0 Å². The lowest BCUT2D eigenvalue weighted by Crippen LogP contribution is -3.12. The lowest BCUT2D eigenvalue weighted by Gasteiger charge is -3.09. The Bertz CT molecular complexity index is 578. The fraction of sp³-hybridized carbons (Fsp3) is 0.692. The van der Waals surface area contributed by atoms with E-state index in [9.17, 15) is 9.90 Å². The van der Waals surface area contributed by atoms with Crippen molar-refractivity contribution in [1.82, 2.24) is 10.2 Å². The first-order valence-corrected chi connectivity index (χ1v) is 6.43. The van der Waals surface area contributed by atoms with Gasteiger partial charge in [-0.15, -0.1) is 0 Å². The molecule has 6 aliphatic carbocycles. The van der Waals surface area contributed by atoms with Crippen LogP contribution in [0.3, 0.4) is 0 Å². The molecule has 0 aliphatic heterocycles. The van der Waals surface area contributed by atoms with Crippen molar-refractivity contribution in [3.63, 3.8) is 0 Å². The van der Waals surface area contributed by atoms with E-state index in [-0.39, 0.29) is 5.41 Å². The number of hydrogen-bond donors (Lipinski definition) is 2. The number of hydrogen-bond acceptors (Lipinski definition) is 2. The van der Waals surface area contributed by atoms with Crippen molar-refractivity contribution in [2.24, 2.45) is 40.9 Å². The lowest BCUT2D eigenvalue weighted by molar-refractivity contribution is -0.613. The van der Waals surface area contributed by atoms with Gasteiger partial charge in [0.1, 0.15) is 0 Å². The van der Waals surface area contributed by atoms with Crippen molar-refractivity contribution < 1.29 is 9.90 Å². The molecule has 4 heteroatoms. The highest BCUT2D eigenvalue weighted by Gasteiger charge is 3.12.